The minimum absolute atomic E-state index is 0.102. The maximum Gasteiger partial charge on any atom is 0.265 e. The number of nitrogens with one attached hydrogen (secondary N) is 2. The SMILES string of the molecule is O=C(Nc1ccc(NCCN2CCOCC2)nc1)c1cccs1. The van der Waals surface area contributed by atoms with Crippen LogP contribution in [0.1, 0.15) is 9.67 Å². The number of rotatable bonds is 6. The first kappa shape index (κ1) is 15.9. The summed E-state index contributed by atoms with van der Waals surface area (Å²) >= 11 is 1.42. The Morgan fingerprint density at radius 3 is 2.87 bits per heavy atom. The van der Waals surface area contributed by atoms with Crippen LogP contribution in [0.25, 0.3) is 0 Å². The molecule has 1 aliphatic heterocycles. The van der Waals surface area contributed by atoms with Gasteiger partial charge in [0, 0.05) is 26.2 Å². The van der Waals surface area contributed by atoms with E-state index in [0.717, 1.165) is 45.2 Å². The van der Waals surface area contributed by atoms with Gasteiger partial charge in [-0.05, 0) is 23.6 Å². The lowest BCUT2D eigenvalue weighted by Gasteiger charge is -2.26. The van der Waals surface area contributed by atoms with Gasteiger partial charge in [0.15, 0.2) is 0 Å². The first-order valence-corrected chi connectivity index (χ1v) is 8.54. The number of amides is 1. The van der Waals surface area contributed by atoms with Crippen LogP contribution in [0, 0.1) is 0 Å². The molecule has 0 bridgehead atoms. The molecular formula is C16H20N4O2S. The fourth-order valence-electron chi connectivity index (χ4n) is 2.34. The van der Waals surface area contributed by atoms with Crippen molar-refractivity contribution in [2.24, 2.45) is 0 Å². The van der Waals surface area contributed by atoms with Gasteiger partial charge in [0.1, 0.15) is 5.82 Å². The Hall–Kier alpha value is -1.96. The first-order chi connectivity index (χ1) is 11.3. The third kappa shape index (κ3) is 4.75. The third-order valence-corrected chi connectivity index (χ3v) is 4.47. The number of ether oxygens (including phenoxy) is 1. The van der Waals surface area contributed by atoms with Crippen LogP contribution in [0.4, 0.5) is 11.5 Å². The molecule has 2 N–H and O–H groups in total. The minimum Gasteiger partial charge on any atom is -0.379 e. The predicted molar refractivity (Wildman–Crippen MR) is 92.3 cm³/mol. The van der Waals surface area contributed by atoms with Crippen molar-refractivity contribution < 1.29 is 9.53 Å². The number of pyridine rings is 1. The van der Waals surface area contributed by atoms with E-state index in [0.29, 0.717) is 10.6 Å². The van der Waals surface area contributed by atoms with Gasteiger partial charge in [-0.1, -0.05) is 6.07 Å². The first-order valence-electron chi connectivity index (χ1n) is 7.66. The molecule has 3 heterocycles. The van der Waals surface area contributed by atoms with Crippen LogP contribution in [-0.2, 0) is 4.74 Å². The van der Waals surface area contributed by atoms with Gasteiger partial charge in [-0.25, -0.2) is 4.98 Å². The van der Waals surface area contributed by atoms with Crippen molar-refractivity contribution in [2.75, 3.05) is 50.0 Å². The van der Waals surface area contributed by atoms with Gasteiger partial charge in [-0.2, -0.15) is 0 Å². The molecule has 122 valence electrons. The van der Waals surface area contributed by atoms with Crippen LogP contribution < -0.4 is 10.6 Å². The van der Waals surface area contributed by atoms with Gasteiger partial charge in [0.2, 0.25) is 0 Å². The van der Waals surface area contributed by atoms with Crippen LogP contribution in [0.2, 0.25) is 0 Å². The highest BCUT2D eigenvalue weighted by Gasteiger charge is 2.09. The molecule has 2 aromatic heterocycles. The highest BCUT2D eigenvalue weighted by molar-refractivity contribution is 7.12. The van der Waals surface area contributed by atoms with Crippen LogP contribution in [0.15, 0.2) is 35.8 Å². The zero-order valence-corrected chi connectivity index (χ0v) is 13.6. The number of anilines is 2. The van der Waals surface area contributed by atoms with Crippen molar-refractivity contribution in [2.45, 2.75) is 0 Å². The number of carbonyl (C=O) groups is 1. The summed E-state index contributed by atoms with van der Waals surface area (Å²) in [6.45, 7) is 5.43. The second-order valence-corrected chi connectivity index (χ2v) is 6.19. The van der Waals surface area contributed by atoms with Gasteiger partial charge in [0.25, 0.3) is 5.91 Å². The van der Waals surface area contributed by atoms with Crippen LogP contribution >= 0.6 is 11.3 Å². The normalized spacial score (nSPS) is 15.3. The maximum atomic E-state index is 11.9. The average molecular weight is 332 g/mol. The van der Waals surface area contributed by atoms with Crippen molar-refractivity contribution >= 4 is 28.7 Å². The number of hydrogen-bond acceptors (Lipinski definition) is 6. The molecule has 1 aliphatic rings. The molecule has 0 radical (unpaired) electrons. The maximum absolute atomic E-state index is 11.9. The quantitative estimate of drug-likeness (QED) is 0.848. The van der Waals surface area contributed by atoms with E-state index in [1.807, 2.05) is 23.6 Å². The van der Waals surface area contributed by atoms with Crippen molar-refractivity contribution in [3.8, 4) is 0 Å². The molecular weight excluding hydrogens is 312 g/mol. The van der Waals surface area contributed by atoms with Crippen LogP contribution in [0.5, 0.6) is 0 Å². The molecule has 0 atom stereocenters. The number of nitrogens with zero attached hydrogens (tertiary/aromatic N) is 2. The number of carbonyl (C=O) groups excluding carboxylic acids is 1. The largest absolute Gasteiger partial charge is 0.379 e. The highest BCUT2D eigenvalue weighted by atomic mass is 32.1. The molecule has 1 amide bonds. The summed E-state index contributed by atoms with van der Waals surface area (Å²) in [6, 6.07) is 7.40. The van der Waals surface area contributed by atoms with Crippen molar-refractivity contribution in [3.63, 3.8) is 0 Å². The average Bonchev–Trinajstić information content (AvgIpc) is 3.12. The zero-order chi connectivity index (χ0) is 15.9. The van der Waals surface area contributed by atoms with Crippen molar-refractivity contribution in [3.05, 3.63) is 40.7 Å². The molecule has 1 fully saturated rings. The van der Waals surface area contributed by atoms with Gasteiger partial charge < -0.3 is 15.4 Å². The molecule has 3 rings (SSSR count). The Kier molecular flexibility index (Phi) is 5.57. The number of morpholine rings is 1. The number of aromatic nitrogens is 1. The minimum atomic E-state index is -0.102. The van der Waals surface area contributed by atoms with Gasteiger partial charge in [-0.3, -0.25) is 9.69 Å². The molecule has 0 saturated carbocycles. The Morgan fingerprint density at radius 1 is 1.30 bits per heavy atom. The summed E-state index contributed by atoms with van der Waals surface area (Å²) in [7, 11) is 0. The van der Waals surface area contributed by atoms with Crippen LogP contribution in [-0.4, -0.2) is 55.2 Å². The third-order valence-electron chi connectivity index (χ3n) is 3.60. The number of thiophene rings is 1. The second kappa shape index (κ2) is 8.05. The van der Waals surface area contributed by atoms with Gasteiger partial charge in [-0.15, -0.1) is 11.3 Å². The monoisotopic (exact) mass is 332 g/mol. The smallest absolute Gasteiger partial charge is 0.265 e. The van der Waals surface area contributed by atoms with Crippen molar-refractivity contribution in [1.82, 2.24) is 9.88 Å². The summed E-state index contributed by atoms with van der Waals surface area (Å²) in [4.78, 5) is 19.3. The van der Waals surface area contributed by atoms with E-state index in [1.54, 1.807) is 12.3 Å². The van der Waals surface area contributed by atoms with E-state index in [9.17, 15) is 4.79 Å². The van der Waals surface area contributed by atoms with Gasteiger partial charge in [0.05, 0.1) is 30.0 Å². The molecule has 2 aromatic rings. The molecule has 0 aromatic carbocycles. The Balaban J connectivity index is 1.44. The summed E-state index contributed by atoms with van der Waals surface area (Å²) in [6.07, 6.45) is 1.67. The standard InChI is InChI=1S/C16H20N4O2S/c21-16(14-2-1-11-23-14)19-13-3-4-15(18-12-13)17-5-6-20-7-9-22-10-8-20/h1-4,11-12H,5-10H2,(H,17,18)(H,19,21). The number of hydrogen-bond donors (Lipinski definition) is 2. The van der Waals surface area contributed by atoms with E-state index < -0.39 is 0 Å². The Bertz CT molecular complexity index is 610. The van der Waals surface area contributed by atoms with Gasteiger partial charge >= 0.3 is 0 Å². The molecule has 0 unspecified atom stereocenters. The second-order valence-electron chi connectivity index (χ2n) is 5.24. The molecule has 1 saturated heterocycles. The summed E-state index contributed by atoms with van der Waals surface area (Å²) in [5.41, 5.74) is 0.696. The Labute approximate surface area is 139 Å². The van der Waals surface area contributed by atoms with E-state index in [-0.39, 0.29) is 5.91 Å². The summed E-state index contributed by atoms with van der Waals surface area (Å²) < 4.78 is 5.33. The molecule has 0 spiro atoms. The van der Waals surface area contributed by atoms with E-state index in [4.69, 9.17) is 4.74 Å². The van der Waals surface area contributed by atoms with E-state index in [2.05, 4.69) is 20.5 Å². The lowest BCUT2D eigenvalue weighted by atomic mass is 10.3. The fraction of sp³-hybridized carbons (Fsp3) is 0.375. The van der Waals surface area contributed by atoms with E-state index in [1.165, 1.54) is 11.3 Å². The summed E-state index contributed by atoms with van der Waals surface area (Å²) in [5.74, 6) is 0.710. The van der Waals surface area contributed by atoms with Crippen molar-refractivity contribution in [1.29, 1.82) is 0 Å². The topological polar surface area (TPSA) is 66.5 Å². The fourth-order valence-corrected chi connectivity index (χ4v) is 2.96. The predicted octanol–water partition coefficient (Wildman–Crippen LogP) is 2.14. The summed E-state index contributed by atoms with van der Waals surface area (Å²) in [5, 5.41) is 8.02. The Morgan fingerprint density at radius 2 is 2.17 bits per heavy atom. The molecule has 23 heavy (non-hydrogen) atoms. The lowest BCUT2D eigenvalue weighted by Crippen LogP contribution is -2.39. The zero-order valence-electron chi connectivity index (χ0n) is 12.8. The highest BCUT2D eigenvalue weighted by Crippen LogP contribution is 2.14. The molecule has 6 nitrogen and oxygen atoms in total. The molecule has 0 aliphatic carbocycles. The lowest BCUT2D eigenvalue weighted by molar-refractivity contribution is 0.0398. The molecule has 7 heteroatoms. The van der Waals surface area contributed by atoms with E-state index >= 15 is 0 Å². The van der Waals surface area contributed by atoms with Crippen LogP contribution in [0.3, 0.4) is 0 Å².